The van der Waals surface area contributed by atoms with Gasteiger partial charge in [0.15, 0.2) is 69.8 Å². The van der Waals surface area contributed by atoms with Gasteiger partial charge >= 0.3 is 26.2 Å². The summed E-state index contributed by atoms with van der Waals surface area (Å²) in [5.74, 6) is -43.1. The van der Waals surface area contributed by atoms with E-state index in [4.69, 9.17) is 0 Å². The number of carbonyl (C=O) groups excluding carboxylic acids is 3. The van der Waals surface area contributed by atoms with Crippen LogP contribution in [0.4, 0.5) is 65.9 Å². The third-order valence-electron chi connectivity index (χ3n) is 4.24. The van der Waals surface area contributed by atoms with Crippen molar-refractivity contribution < 1.29 is 95.6 Å². The van der Waals surface area contributed by atoms with E-state index in [0.717, 1.165) is 0 Å². The van der Waals surface area contributed by atoms with Gasteiger partial charge in [0.25, 0.3) is 0 Å². The molecule has 0 atom stereocenters. The van der Waals surface area contributed by atoms with E-state index in [1.807, 2.05) is 0 Å². The minimum Gasteiger partial charge on any atom is -0.545 e. The minimum absolute atomic E-state index is 0. The van der Waals surface area contributed by atoms with Crippen molar-refractivity contribution in [1.29, 1.82) is 0 Å². The first-order chi connectivity index (χ1) is 19.1. The van der Waals surface area contributed by atoms with Crippen molar-refractivity contribution in [3.05, 3.63) is 104 Å². The average molecular weight is 842 g/mol. The van der Waals surface area contributed by atoms with E-state index in [0.29, 0.717) is 0 Å². The monoisotopic (exact) mass is 842 g/mol. The van der Waals surface area contributed by atoms with Crippen LogP contribution in [0.25, 0.3) is 0 Å². The number of hydrogen-bond donors (Lipinski definition) is 0. The molecular formula is C21BiF15O6. The fraction of sp³-hybridized carbons (Fsp3) is 0. The van der Waals surface area contributed by atoms with Crippen LogP contribution in [0.15, 0.2) is 0 Å². The first-order valence-corrected chi connectivity index (χ1v) is 9.31. The molecule has 0 spiro atoms. The maximum absolute atomic E-state index is 12.5. The van der Waals surface area contributed by atoms with Gasteiger partial charge in [0.1, 0.15) is 0 Å². The van der Waals surface area contributed by atoms with Crippen LogP contribution < -0.4 is 15.3 Å². The second-order valence-corrected chi connectivity index (χ2v) is 6.70. The Morgan fingerprint density at radius 1 is 0.279 bits per heavy atom. The van der Waals surface area contributed by atoms with Gasteiger partial charge in [-0.1, -0.05) is 0 Å². The van der Waals surface area contributed by atoms with E-state index >= 15 is 0 Å². The molecule has 2 radical (unpaired) electrons. The van der Waals surface area contributed by atoms with E-state index < -0.39 is 122 Å². The van der Waals surface area contributed by atoms with Gasteiger partial charge in [-0.25, -0.2) is 65.9 Å². The van der Waals surface area contributed by atoms with Crippen molar-refractivity contribution in [2.75, 3.05) is 0 Å². The summed E-state index contributed by atoms with van der Waals surface area (Å²) in [6, 6.07) is 0. The van der Waals surface area contributed by atoms with Gasteiger partial charge in [-0.15, -0.1) is 0 Å². The van der Waals surface area contributed by atoms with Gasteiger partial charge in [0.05, 0.1) is 34.6 Å². The third-order valence-corrected chi connectivity index (χ3v) is 4.24. The fourth-order valence-electron chi connectivity index (χ4n) is 2.35. The Hall–Kier alpha value is -4.10. The second-order valence-electron chi connectivity index (χ2n) is 6.70. The predicted octanol–water partition coefficient (Wildman–Crippen LogP) is 1.86. The molecule has 230 valence electrons. The number of rotatable bonds is 3. The number of aromatic carboxylic acids is 3. The van der Waals surface area contributed by atoms with Crippen LogP contribution in [-0.4, -0.2) is 44.1 Å². The van der Waals surface area contributed by atoms with Gasteiger partial charge in [-0.05, 0) is 0 Å². The van der Waals surface area contributed by atoms with Crippen LogP contribution in [0.3, 0.4) is 0 Å². The quantitative estimate of drug-likeness (QED) is 0.172. The zero-order valence-electron chi connectivity index (χ0n) is 19.1. The summed E-state index contributed by atoms with van der Waals surface area (Å²) in [5, 5.41) is 30.0. The molecule has 0 unspecified atom stereocenters. The molecule has 0 aromatic heterocycles. The van der Waals surface area contributed by atoms with E-state index in [9.17, 15) is 95.6 Å². The van der Waals surface area contributed by atoms with Crippen molar-refractivity contribution >= 4 is 44.1 Å². The average Bonchev–Trinajstić information content (AvgIpc) is 2.91. The van der Waals surface area contributed by atoms with Gasteiger partial charge < -0.3 is 29.7 Å². The molecule has 0 saturated heterocycles. The predicted molar refractivity (Wildman–Crippen MR) is 97.4 cm³/mol. The molecule has 0 heterocycles. The Balaban J connectivity index is 0.000000608. The van der Waals surface area contributed by atoms with E-state index in [1.54, 1.807) is 0 Å². The first-order valence-electron chi connectivity index (χ1n) is 9.31. The van der Waals surface area contributed by atoms with Gasteiger partial charge in [-0.3, -0.25) is 0 Å². The summed E-state index contributed by atoms with van der Waals surface area (Å²) in [4.78, 5) is 30.0. The molecule has 3 aromatic carbocycles. The zero-order valence-corrected chi connectivity index (χ0v) is 22.5. The Labute approximate surface area is 243 Å². The normalized spacial score (nSPS) is 10.1. The van der Waals surface area contributed by atoms with E-state index in [1.165, 1.54) is 0 Å². The van der Waals surface area contributed by atoms with E-state index in [2.05, 4.69) is 0 Å². The summed E-state index contributed by atoms with van der Waals surface area (Å²) >= 11 is 0. The molecule has 3 aromatic rings. The van der Waals surface area contributed by atoms with Gasteiger partial charge in [0, 0.05) is 0 Å². The second kappa shape index (κ2) is 14.9. The van der Waals surface area contributed by atoms with Crippen molar-refractivity contribution in [2.45, 2.75) is 0 Å². The molecule has 0 bridgehead atoms. The van der Waals surface area contributed by atoms with Crippen LogP contribution >= 0.6 is 0 Å². The van der Waals surface area contributed by atoms with Crippen LogP contribution in [0, 0.1) is 87.3 Å². The standard InChI is InChI=1S/3C7HF5O2.Bi/c3*8-2-1(7(13)14)3(9)5(11)6(12)4(2)10;/h3*(H,13,14);/q;;;+3/p-3. The number of hydrogen-bond acceptors (Lipinski definition) is 6. The van der Waals surface area contributed by atoms with Crippen molar-refractivity contribution in [3.63, 3.8) is 0 Å². The summed E-state index contributed by atoms with van der Waals surface area (Å²) < 4.78 is 186. The number of carboxylic acid groups (broad SMARTS) is 3. The third kappa shape index (κ3) is 7.65. The largest absolute Gasteiger partial charge is 3.00 e. The Kier molecular flexibility index (Phi) is 13.5. The molecule has 0 saturated carbocycles. The number of halogens is 15. The number of benzene rings is 3. The molecule has 0 amide bonds. The maximum Gasteiger partial charge on any atom is 3.00 e. The van der Waals surface area contributed by atoms with Crippen molar-refractivity contribution in [2.24, 2.45) is 0 Å². The molecule has 0 fully saturated rings. The van der Waals surface area contributed by atoms with Gasteiger partial charge in [0.2, 0.25) is 17.5 Å². The molecule has 0 aliphatic heterocycles. The summed E-state index contributed by atoms with van der Waals surface area (Å²) in [7, 11) is 0. The summed E-state index contributed by atoms with van der Waals surface area (Å²) in [6.45, 7) is 0. The van der Waals surface area contributed by atoms with Crippen LogP contribution in [0.1, 0.15) is 31.1 Å². The molecular weight excluding hydrogens is 842 g/mol. The van der Waals surface area contributed by atoms with Crippen molar-refractivity contribution in [1.82, 2.24) is 0 Å². The molecule has 0 aliphatic carbocycles. The minimum atomic E-state index is -2.47. The SMILES string of the molecule is O=C([O-])c1c(F)c(F)c(F)c(F)c1F.O=C([O-])c1c(F)c(F)c(F)c(F)c1F.O=C([O-])c1c(F)c(F)c(F)c(F)c1F.[Bi+3]. The maximum atomic E-state index is 12.5. The van der Waals surface area contributed by atoms with Crippen molar-refractivity contribution in [3.8, 4) is 0 Å². The fourth-order valence-corrected chi connectivity index (χ4v) is 2.35. The number of carbonyl (C=O) groups is 3. The molecule has 0 aliphatic rings. The first kappa shape index (κ1) is 38.9. The van der Waals surface area contributed by atoms with Crippen LogP contribution in [-0.2, 0) is 0 Å². The summed E-state index contributed by atoms with van der Waals surface area (Å²) in [6.07, 6.45) is 0. The van der Waals surface area contributed by atoms with Crippen LogP contribution in [0.5, 0.6) is 0 Å². The Morgan fingerprint density at radius 2 is 0.372 bits per heavy atom. The summed E-state index contributed by atoms with van der Waals surface area (Å²) in [5.41, 5.74) is -5.91. The smallest absolute Gasteiger partial charge is 0.545 e. The van der Waals surface area contributed by atoms with Crippen LogP contribution in [0.2, 0.25) is 0 Å². The molecule has 6 nitrogen and oxygen atoms in total. The number of carboxylic acids is 3. The Morgan fingerprint density at radius 3 is 0.465 bits per heavy atom. The van der Waals surface area contributed by atoms with Gasteiger partial charge in [-0.2, -0.15) is 0 Å². The molecule has 43 heavy (non-hydrogen) atoms. The molecule has 22 heteroatoms. The Bertz CT molecular complexity index is 1350. The zero-order chi connectivity index (χ0) is 33.1. The van der Waals surface area contributed by atoms with E-state index in [-0.39, 0.29) is 26.2 Å². The molecule has 3 rings (SSSR count). The molecule has 0 N–H and O–H groups in total. The topological polar surface area (TPSA) is 120 Å².